The van der Waals surface area contributed by atoms with E-state index in [2.05, 4.69) is 22.3 Å². The second-order valence-electron chi connectivity index (χ2n) is 6.44. The molecule has 2 aromatic carbocycles. The number of hydrogen-bond donors (Lipinski definition) is 2. The Balaban J connectivity index is 1.59. The van der Waals surface area contributed by atoms with Crippen LogP contribution in [0.5, 0.6) is 0 Å². The number of quaternary nitrogens is 1. The van der Waals surface area contributed by atoms with E-state index in [0.717, 1.165) is 26.2 Å². The van der Waals surface area contributed by atoms with E-state index in [4.69, 9.17) is 34.8 Å². The molecule has 0 spiro atoms. The Kier molecular flexibility index (Phi) is 6.30. The van der Waals surface area contributed by atoms with Crippen molar-refractivity contribution in [2.45, 2.75) is 13.0 Å². The average Bonchev–Trinajstić information content (AvgIpc) is 2.66. The van der Waals surface area contributed by atoms with E-state index in [1.165, 1.54) is 16.7 Å². The highest BCUT2D eigenvalue weighted by Crippen LogP contribution is 2.32. The van der Waals surface area contributed by atoms with Crippen LogP contribution in [0.15, 0.2) is 42.5 Å². The molecule has 0 radical (unpaired) electrons. The molecule has 26 heavy (non-hydrogen) atoms. The monoisotopic (exact) mass is 412 g/mol. The first-order valence-corrected chi connectivity index (χ1v) is 9.69. The lowest BCUT2D eigenvalue weighted by molar-refractivity contribution is -0.914. The largest absolute Gasteiger partial charge is 0.360 e. The van der Waals surface area contributed by atoms with Gasteiger partial charge >= 0.3 is 0 Å². The Morgan fingerprint density at radius 3 is 2.31 bits per heavy atom. The molecular formula is C19H21Cl3N3O+. The number of nitrogens with one attached hydrogen (secondary N) is 2. The summed E-state index contributed by atoms with van der Waals surface area (Å²) in [5.74, 6) is -0.0755. The highest BCUT2D eigenvalue weighted by Gasteiger charge is 2.29. The number of carbonyl (C=O) groups excluding carboxylic acids is 1. The molecule has 4 nitrogen and oxygen atoms in total. The lowest BCUT2D eigenvalue weighted by atomic mass is 10.2. The van der Waals surface area contributed by atoms with E-state index in [-0.39, 0.29) is 11.9 Å². The fourth-order valence-corrected chi connectivity index (χ4v) is 3.76. The molecule has 138 valence electrons. The van der Waals surface area contributed by atoms with E-state index in [9.17, 15) is 4.79 Å². The molecule has 1 fully saturated rings. The molecule has 1 aliphatic heterocycles. The Hall–Kier alpha value is -1.46. The van der Waals surface area contributed by atoms with Crippen LogP contribution in [0.3, 0.4) is 0 Å². The van der Waals surface area contributed by atoms with E-state index in [1.807, 2.05) is 25.1 Å². The minimum atomic E-state index is -0.182. The molecule has 3 rings (SSSR count). The van der Waals surface area contributed by atoms with Gasteiger partial charge in [-0.2, -0.15) is 0 Å². The predicted octanol–water partition coefficient (Wildman–Crippen LogP) is 3.38. The second-order valence-corrected chi connectivity index (χ2v) is 7.66. The lowest BCUT2D eigenvalue weighted by Gasteiger charge is -2.36. The molecular weight excluding hydrogens is 393 g/mol. The Bertz CT molecular complexity index is 777. The fourth-order valence-electron chi connectivity index (χ4n) is 3.17. The maximum absolute atomic E-state index is 12.6. The first-order chi connectivity index (χ1) is 12.5. The van der Waals surface area contributed by atoms with Gasteiger partial charge in [-0.1, -0.05) is 53.0 Å². The van der Waals surface area contributed by atoms with E-state index in [1.54, 1.807) is 6.07 Å². The molecule has 0 bridgehead atoms. The number of amides is 1. The van der Waals surface area contributed by atoms with Gasteiger partial charge in [0.25, 0.3) is 5.91 Å². The number of para-hydroxylation sites is 1. The van der Waals surface area contributed by atoms with E-state index in [0.29, 0.717) is 20.8 Å². The number of hydrogen-bond acceptors (Lipinski definition) is 2. The van der Waals surface area contributed by atoms with Crippen molar-refractivity contribution in [1.82, 2.24) is 0 Å². The van der Waals surface area contributed by atoms with Crippen LogP contribution in [0.25, 0.3) is 0 Å². The second kappa shape index (κ2) is 8.49. The van der Waals surface area contributed by atoms with E-state index < -0.39 is 0 Å². The zero-order valence-corrected chi connectivity index (χ0v) is 16.7. The zero-order chi connectivity index (χ0) is 18.7. The summed E-state index contributed by atoms with van der Waals surface area (Å²) in [6.45, 7) is 5.58. The summed E-state index contributed by atoms with van der Waals surface area (Å²) < 4.78 is 0. The third-order valence-corrected chi connectivity index (χ3v) is 5.84. The van der Waals surface area contributed by atoms with Gasteiger partial charge < -0.3 is 15.1 Å². The number of nitrogens with zero attached hydrogens (tertiary/aromatic N) is 1. The molecule has 0 unspecified atom stereocenters. The summed E-state index contributed by atoms with van der Waals surface area (Å²) in [4.78, 5) is 16.2. The third-order valence-electron chi connectivity index (χ3n) is 4.80. The maximum Gasteiger partial charge on any atom is 0.282 e. The van der Waals surface area contributed by atoms with Gasteiger partial charge in [-0.15, -0.1) is 0 Å². The summed E-state index contributed by atoms with van der Waals surface area (Å²) in [7, 11) is 0. The summed E-state index contributed by atoms with van der Waals surface area (Å²) in [5.41, 5.74) is 1.71. The van der Waals surface area contributed by atoms with Crippen molar-refractivity contribution >= 4 is 52.1 Å². The normalized spacial score (nSPS) is 16.4. The van der Waals surface area contributed by atoms with Crippen LogP contribution in [-0.2, 0) is 4.79 Å². The van der Waals surface area contributed by atoms with Crippen LogP contribution < -0.4 is 15.1 Å². The molecule has 2 N–H and O–H groups in total. The van der Waals surface area contributed by atoms with Crippen molar-refractivity contribution in [2.75, 3.05) is 36.4 Å². The number of rotatable bonds is 4. The summed E-state index contributed by atoms with van der Waals surface area (Å²) in [5, 5.41) is 3.98. The minimum absolute atomic E-state index is 0.0755. The highest BCUT2D eigenvalue weighted by molar-refractivity contribution is 6.44. The van der Waals surface area contributed by atoms with Crippen LogP contribution in [0.4, 0.5) is 11.4 Å². The number of anilines is 2. The standard InChI is InChI=1S/C19H20Cl3N3O/c1-13(19(26)23-18-12-16(21)15(20)11-17(18)22)24-7-9-25(10-8-24)14-5-3-2-4-6-14/h2-6,11-13H,7-10H2,1H3,(H,23,26)/p+1/t13-/m0/s1. The number of halogens is 3. The highest BCUT2D eigenvalue weighted by atomic mass is 35.5. The van der Waals surface area contributed by atoms with E-state index >= 15 is 0 Å². The molecule has 0 saturated carbocycles. The van der Waals surface area contributed by atoms with Crippen molar-refractivity contribution in [3.05, 3.63) is 57.5 Å². The van der Waals surface area contributed by atoms with Crippen LogP contribution in [-0.4, -0.2) is 38.1 Å². The molecule has 1 atom stereocenters. The number of carbonyl (C=O) groups is 1. The van der Waals surface area contributed by atoms with Gasteiger partial charge in [0.15, 0.2) is 6.04 Å². The van der Waals surface area contributed by atoms with Crippen LogP contribution in [0, 0.1) is 0 Å². The first kappa shape index (κ1) is 19.3. The summed E-state index contributed by atoms with van der Waals surface area (Å²) in [6, 6.07) is 13.3. The quantitative estimate of drug-likeness (QED) is 0.754. The Labute approximate surface area is 168 Å². The molecule has 0 aliphatic carbocycles. The van der Waals surface area contributed by atoms with Crippen molar-refractivity contribution < 1.29 is 9.69 Å². The smallest absolute Gasteiger partial charge is 0.282 e. The lowest BCUT2D eigenvalue weighted by Crippen LogP contribution is -3.19. The Morgan fingerprint density at radius 1 is 1.04 bits per heavy atom. The van der Waals surface area contributed by atoms with Gasteiger partial charge in [-0.05, 0) is 31.2 Å². The van der Waals surface area contributed by atoms with Gasteiger partial charge in [0.1, 0.15) is 0 Å². The molecule has 1 amide bonds. The third kappa shape index (κ3) is 4.44. The molecule has 7 heteroatoms. The average molecular weight is 414 g/mol. The van der Waals surface area contributed by atoms with Crippen molar-refractivity contribution in [3.8, 4) is 0 Å². The number of piperazine rings is 1. The van der Waals surface area contributed by atoms with Gasteiger partial charge in [0.05, 0.1) is 46.9 Å². The number of benzene rings is 2. The van der Waals surface area contributed by atoms with Gasteiger partial charge in [0, 0.05) is 5.69 Å². The minimum Gasteiger partial charge on any atom is -0.360 e. The van der Waals surface area contributed by atoms with Gasteiger partial charge in [0.2, 0.25) is 0 Å². The molecule has 0 aromatic heterocycles. The molecule has 1 aliphatic rings. The Morgan fingerprint density at radius 2 is 1.65 bits per heavy atom. The molecule has 1 heterocycles. The van der Waals surface area contributed by atoms with Crippen molar-refractivity contribution in [2.24, 2.45) is 0 Å². The van der Waals surface area contributed by atoms with Crippen LogP contribution in [0.2, 0.25) is 15.1 Å². The van der Waals surface area contributed by atoms with Crippen LogP contribution in [0.1, 0.15) is 6.92 Å². The van der Waals surface area contributed by atoms with Gasteiger partial charge in [-0.3, -0.25) is 4.79 Å². The molecule has 2 aromatic rings. The maximum atomic E-state index is 12.6. The SMILES string of the molecule is C[C@@H](C(=O)Nc1cc(Cl)c(Cl)cc1Cl)[NH+]1CCN(c2ccccc2)CC1. The first-order valence-electron chi connectivity index (χ1n) is 8.55. The predicted molar refractivity (Wildman–Crippen MR) is 109 cm³/mol. The van der Waals surface area contributed by atoms with Crippen molar-refractivity contribution in [3.63, 3.8) is 0 Å². The molecule has 1 saturated heterocycles. The summed E-state index contributed by atoms with van der Waals surface area (Å²) in [6.07, 6.45) is 0. The zero-order valence-electron chi connectivity index (χ0n) is 14.4. The van der Waals surface area contributed by atoms with Crippen LogP contribution >= 0.6 is 34.8 Å². The summed E-state index contributed by atoms with van der Waals surface area (Å²) >= 11 is 18.1. The van der Waals surface area contributed by atoms with Crippen molar-refractivity contribution in [1.29, 1.82) is 0 Å². The van der Waals surface area contributed by atoms with Gasteiger partial charge in [-0.25, -0.2) is 0 Å². The topological polar surface area (TPSA) is 36.8 Å². The fraction of sp³-hybridized carbons (Fsp3) is 0.316.